The minimum Gasteiger partial charge on any atom is -0.480 e. The molecule has 0 spiro atoms. The Morgan fingerprint density at radius 3 is 2.64 bits per heavy atom. The van der Waals surface area contributed by atoms with Crippen LogP contribution in [0.1, 0.15) is 12.8 Å². The van der Waals surface area contributed by atoms with E-state index in [0.29, 0.717) is 0 Å². The van der Waals surface area contributed by atoms with Crippen molar-refractivity contribution in [2.24, 2.45) is 0 Å². The van der Waals surface area contributed by atoms with Crippen LogP contribution in [-0.4, -0.2) is 36.1 Å². The highest BCUT2D eigenvalue weighted by atomic mass is 19.4. The molecule has 0 bridgehead atoms. The SMILES string of the molecule is O=C(O)C1CC(OC(F)(F)F)CCN1. The third kappa shape index (κ3) is 3.51. The summed E-state index contributed by atoms with van der Waals surface area (Å²) in [5.74, 6) is -1.15. The number of carbonyl (C=O) groups is 1. The highest BCUT2D eigenvalue weighted by Gasteiger charge is 2.37. The maximum atomic E-state index is 11.8. The second-order valence-electron chi connectivity index (χ2n) is 3.05. The van der Waals surface area contributed by atoms with Crippen LogP contribution in [0.5, 0.6) is 0 Å². The molecule has 1 saturated heterocycles. The minimum absolute atomic E-state index is 0.158. The lowest BCUT2D eigenvalue weighted by Crippen LogP contribution is -2.47. The molecule has 0 aromatic rings. The molecule has 0 saturated carbocycles. The van der Waals surface area contributed by atoms with Crippen LogP contribution < -0.4 is 5.32 Å². The van der Waals surface area contributed by atoms with E-state index in [0.717, 1.165) is 0 Å². The summed E-state index contributed by atoms with van der Waals surface area (Å²) in [5.41, 5.74) is 0. The van der Waals surface area contributed by atoms with Crippen LogP contribution in [0, 0.1) is 0 Å². The summed E-state index contributed by atoms with van der Waals surface area (Å²) in [5, 5.41) is 11.1. The molecule has 0 aromatic carbocycles. The largest absolute Gasteiger partial charge is 0.522 e. The summed E-state index contributed by atoms with van der Waals surface area (Å²) in [7, 11) is 0. The summed E-state index contributed by atoms with van der Waals surface area (Å²) in [6, 6.07) is -0.948. The van der Waals surface area contributed by atoms with E-state index in [4.69, 9.17) is 5.11 Å². The standard InChI is InChI=1S/C7H10F3NO3/c8-7(9,10)14-4-1-2-11-5(3-4)6(12)13/h4-5,11H,1-3H2,(H,12,13). The van der Waals surface area contributed by atoms with Gasteiger partial charge in [-0.3, -0.25) is 9.53 Å². The van der Waals surface area contributed by atoms with E-state index in [1.165, 1.54) is 0 Å². The van der Waals surface area contributed by atoms with Crippen molar-refractivity contribution < 1.29 is 27.8 Å². The summed E-state index contributed by atoms with van der Waals surface area (Å²) in [6.07, 6.45) is -5.74. The number of carboxylic acids is 1. The number of alkyl halides is 3. The van der Waals surface area contributed by atoms with Crippen molar-refractivity contribution >= 4 is 5.97 Å². The van der Waals surface area contributed by atoms with E-state index in [1.54, 1.807) is 0 Å². The molecule has 4 nitrogen and oxygen atoms in total. The number of aliphatic carboxylic acids is 1. The first-order chi connectivity index (χ1) is 6.38. The molecule has 14 heavy (non-hydrogen) atoms. The first-order valence-corrected chi connectivity index (χ1v) is 4.09. The number of ether oxygens (including phenoxy) is 1. The van der Waals surface area contributed by atoms with Gasteiger partial charge in [0.25, 0.3) is 0 Å². The molecule has 1 rings (SSSR count). The molecule has 2 atom stereocenters. The molecule has 0 aromatic heterocycles. The van der Waals surface area contributed by atoms with E-state index in [1.807, 2.05) is 0 Å². The third-order valence-corrected chi connectivity index (χ3v) is 1.95. The molecule has 0 amide bonds. The molecule has 7 heteroatoms. The molecule has 1 heterocycles. The predicted molar refractivity (Wildman–Crippen MR) is 39.6 cm³/mol. The zero-order valence-corrected chi connectivity index (χ0v) is 7.17. The Balaban J connectivity index is 2.44. The normalized spacial score (nSPS) is 28.8. The Morgan fingerprint density at radius 2 is 2.14 bits per heavy atom. The van der Waals surface area contributed by atoms with Crippen LogP contribution in [0.4, 0.5) is 13.2 Å². The van der Waals surface area contributed by atoms with Crippen molar-refractivity contribution in [3.05, 3.63) is 0 Å². The van der Waals surface area contributed by atoms with Crippen LogP contribution in [0.3, 0.4) is 0 Å². The summed E-state index contributed by atoms with van der Waals surface area (Å²) < 4.78 is 39.1. The monoisotopic (exact) mass is 213 g/mol. The van der Waals surface area contributed by atoms with Gasteiger partial charge in [0, 0.05) is 0 Å². The Bertz CT molecular complexity index is 219. The second-order valence-corrected chi connectivity index (χ2v) is 3.05. The predicted octanol–water partition coefficient (Wildman–Crippen LogP) is 0.728. The van der Waals surface area contributed by atoms with Gasteiger partial charge >= 0.3 is 12.3 Å². The molecule has 0 aliphatic carbocycles. The van der Waals surface area contributed by atoms with E-state index in [9.17, 15) is 18.0 Å². The zero-order valence-electron chi connectivity index (χ0n) is 7.17. The van der Waals surface area contributed by atoms with Crippen molar-refractivity contribution in [2.45, 2.75) is 31.3 Å². The Labute approximate surface area is 78.0 Å². The summed E-state index contributed by atoms with van der Waals surface area (Å²) in [6.45, 7) is 0.220. The van der Waals surface area contributed by atoms with Crippen LogP contribution in [0.15, 0.2) is 0 Å². The lowest BCUT2D eigenvalue weighted by atomic mass is 10.0. The highest BCUT2D eigenvalue weighted by molar-refractivity contribution is 5.73. The van der Waals surface area contributed by atoms with Gasteiger partial charge in [-0.05, 0) is 19.4 Å². The van der Waals surface area contributed by atoms with Gasteiger partial charge < -0.3 is 10.4 Å². The molecule has 82 valence electrons. The fraction of sp³-hybridized carbons (Fsp3) is 0.857. The molecular weight excluding hydrogens is 203 g/mol. The molecule has 1 aliphatic rings. The first kappa shape index (κ1) is 11.3. The fourth-order valence-corrected chi connectivity index (χ4v) is 1.37. The zero-order chi connectivity index (χ0) is 10.8. The number of carboxylic acid groups (broad SMARTS) is 1. The Hall–Kier alpha value is -0.820. The van der Waals surface area contributed by atoms with Crippen molar-refractivity contribution in [3.8, 4) is 0 Å². The average molecular weight is 213 g/mol. The van der Waals surface area contributed by atoms with Crippen molar-refractivity contribution in [1.82, 2.24) is 5.32 Å². The highest BCUT2D eigenvalue weighted by Crippen LogP contribution is 2.24. The van der Waals surface area contributed by atoms with E-state index in [2.05, 4.69) is 10.1 Å². The number of hydrogen-bond donors (Lipinski definition) is 2. The Morgan fingerprint density at radius 1 is 1.50 bits per heavy atom. The van der Waals surface area contributed by atoms with Gasteiger partial charge in [0.2, 0.25) is 0 Å². The maximum absolute atomic E-state index is 11.8. The lowest BCUT2D eigenvalue weighted by Gasteiger charge is -2.28. The van der Waals surface area contributed by atoms with Crippen molar-refractivity contribution in [2.75, 3.05) is 6.54 Å². The van der Waals surface area contributed by atoms with Crippen LogP contribution in [0.2, 0.25) is 0 Å². The van der Waals surface area contributed by atoms with Gasteiger partial charge in [-0.2, -0.15) is 0 Å². The summed E-state index contributed by atoms with van der Waals surface area (Å²) >= 11 is 0. The molecule has 0 radical (unpaired) electrons. The quantitative estimate of drug-likeness (QED) is 0.709. The number of piperidine rings is 1. The molecule has 1 fully saturated rings. The van der Waals surface area contributed by atoms with E-state index in [-0.39, 0.29) is 19.4 Å². The Kier molecular flexibility index (Phi) is 3.33. The minimum atomic E-state index is -4.69. The van der Waals surface area contributed by atoms with Gasteiger partial charge in [-0.15, -0.1) is 13.2 Å². The summed E-state index contributed by atoms with van der Waals surface area (Å²) in [4.78, 5) is 10.5. The van der Waals surface area contributed by atoms with Crippen LogP contribution >= 0.6 is 0 Å². The average Bonchev–Trinajstić information content (AvgIpc) is 2.01. The second kappa shape index (κ2) is 4.14. The molecule has 1 aliphatic heterocycles. The molecule has 2 N–H and O–H groups in total. The lowest BCUT2D eigenvalue weighted by molar-refractivity contribution is -0.345. The molecular formula is C7H10F3NO3. The maximum Gasteiger partial charge on any atom is 0.522 e. The number of hydrogen-bond acceptors (Lipinski definition) is 3. The van der Waals surface area contributed by atoms with Crippen LogP contribution in [0.25, 0.3) is 0 Å². The van der Waals surface area contributed by atoms with Crippen LogP contribution in [-0.2, 0) is 9.53 Å². The number of nitrogens with one attached hydrogen (secondary N) is 1. The van der Waals surface area contributed by atoms with Crippen molar-refractivity contribution in [3.63, 3.8) is 0 Å². The molecule has 2 unspecified atom stereocenters. The number of rotatable bonds is 2. The van der Waals surface area contributed by atoms with E-state index < -0.39 is 24.5 Å². The fourth-order valence-electron chi connectivity index (χ4n) is 1.37. The van der Waals surface area contributed by atoms with Gasteiger partial charge in [-0.25, -0.2) is 0 Å². The van der Waals surface area contributed by atoms with Gasteiger partial charge in [0.15, 0.2) is 0 Å². The number of halogens is 3. The topological polar surface area (TPSA) is 58.6 Å². The van der Waals surface area contributed by atoms with Gasteiger partial charge in [-0.1, -0.05) is 0 Å². The first-order valence-electron chi connectivity index (χ1n) is 4.09. The van der Waals surface area contributed by atoms with Gasteiger partial charge in [0.05, 0.1) is 6.10 Å². The van der Waals surface area contributed by atoms with E-state index >= 15 is 0 Å². The van der Waals surface area contributed by atoms with Gasteiger partial charge in [0.1, 0.15) is 6.04 Å². The van der Waals surface area contributed by atoms with Crippen molar-refractivity contribution in [1.29, 1.82) is 0 Å². The third-order valence-electron chi connectivity index (χ3n) is 1.95. The smallest absolute Gasteiger partial charge is 0.480 e.